The predicted octanol–water partition coefficient (Wildman–Crippen LogP) is 4.95. The molecule has 2 aromatic carbocycles. The van der Waals surface area contributed by atoms with Crippen LogP contribution >= 0.6 is 11.6 Å². The van der Waals surface area contributed by atoms with Gasteiger partial charge in [-0.05, 0) is 42.2 Å². The second kappa shape index (κ2) is 6.23. The highest BCUT2D eigenvalue weighted by Crippen LogP contribution is 2.36. The van der Waals surface area contributed by atoms with Crippen LogP contribution in [0.2, 0.25) is 5.15 Å². The summed E-state index contributed by atoms with van der Waals surface area (Å²) in [6, 6.07) is 16.4. The van der Waals surface area contributed by atoms with Gasteiger partial charge in [0, 0.05) is 19.1 Å². The van der Waals surface area contributed by atoms with Crippen LogP contribution in [0.5, 0.6) is 0 Å². The summed E-state index contributed by atoms with van der Waals surface area (Å²) >= 11 is 6.15. The molecule has 0 saturated heterocycles. The zero-order valence-electron chi connectivity index (χ0n) is 14.1. The van der Waals surface area contributed by atoms with Crippen molar-refractivity contribution < 1.29 is 0 Å². The van der Waals surface area contributed by atoms with Crippen molar-refractivity contribution in [2.45, 2.75) is 38.4 Å². The van der Waals surface area contributed by atoms with Crippen LogP contribution in [0.25, 0.3) is 10.8 Å². The van der Waals surface area contributed by atoms with Gasteiger partial charge in [0.15, 0.2) is 0 Å². The minimum absolute atomic E-state index is 0.359. The fourth-order valence-corrected chi connectivity index (χ4v) is 3.53. The van der Waals surface area contributed by atoms with Gasteiger partial charge in [-0.2, -0.15) is 0 Å². The van der Waals surface area contributed by atoms with Gasteiger partial charge in [-0.25, -0.2) is 4.98 Å². The smallest absolute Gasteiger partial charge is 0.128 e. The van der Waals surface area contributed by atoms with Crippen molar-refractivity contribution in [3.8, 4) is 0 Å². The average molecular weight is 340 g/mol. The highest BCUT2D eigenvalue weighted by Gasteiger charge is 2.33. The summed E-state index contributed by atoms with van der Waals surface area (Å²) in [6.07, 6.45) is 4.29. The van der Waals surface area contributed by atoms with Gasteiger partial charge in [0.05, 0.1) is 12.7 Å². The van der Waals surface area contributed by atoms with Crippen molar-refractivity contribution in [1.29, 1.82) is 0 Å². The van der Waals surface area contributed by atoms with Crippen molar-refractivity contribution in [2.75, 3.05) is 0 Å². The third-order valence-corrected chi connectivity index (χ3v) is 5.47. The molecule has 124 valence electrons. The Bertz CT molecular complexity index is 866. The second-order valence-electron chi connectivity index (χ2n) is 6.74. The molecule has 4 heteroatoms. The summed E-state index contributed by atoms with van der Waals surface area (Å²) in [7, 11) is 1.98. The summed E-state index contributed by atoms with van der Waals surface area (Å²) in [4.78, 5) is 7.04. The van der Waals surface area contributed by atoms with Gasteiger partial charge in [-0.3, -0.25) is 4.90 Å². The molecule has 3 nitrogen and oxygen atoms in total. The highest BCUT2D eigenvalue weighted by atomic mass is 35.5. The van der Waals surface area contributed by atoms with E-state index in [1.54, 1.807) is 6.20 Å². The fourth-order valence-electron chi connectivity index (χ4n) is 3.38. The van der Waals surface area contributed by atoms with Crippen LogP contribution < -0.4 is 0 Å². The maximum Gasteiger partial charge on any atom is 0.128 e. The van der Waals surface area contributed by atoms with E-state index in [-0.39, 0.29) is 0 Å². The number of imidazole rings is 1. The van der Waals surface area contributed by atoms with Gasteiger partial charge in [-0.15, -0.1) is 0 Å². The van der Waals surface area contributed by atoms with Crippen molar-refractivity contribution in [3.05, 3.63) is 65.2 Å². The standard InChI is InChI=1S/C20H22ClN3/c1-14(16-8-7-15-5-3-4-6-17(15)11-16)24(18-9-10-18)13-20-22-12-19(21)23(20)2/h3-8,11-12,14,18H,9-10,13H2,1-2H3/t14-/m1/s1. The Morgan fingerprint density at radius 3 is 2.62 bits per heavy atom. The van der Waals surface area contributed by atoms with Crippen LogP contribution in [0.15, 0.2) is 48.7 Å². The number of fused-ring (bicyclic) bond motifs is 1. The summed E-state index contributed by atoms with van der Waals surface area (Å²) in [6.45, 7) is 3.13. The Morgan fingerprint density at radius 1 is 1.21 bits per heavy atom. The van der Waals surface area contributed by atoms with Crippen LogP contribution in [-0.4, -0.2) is 20.5 Å². The van der Waals surface area contributed by atoms with Gasteiger partial charge < -0.3 is 4.57 Å². The molecule has 1 aliphatic rings. The molecule has 0 bridgehead atoms. The maximum atomic E-state index is 6.15. The third-order valence-electron chi connectivity index (χ3n) is 5.12. The molecule has 0 unspecified atom stereocenters. The number of benzene rings is 2. The lowest BCUT2D eigenvalue weighted by molar-refractivity contribution is 0.184. The molecule has 24 heavy (non-hydrogen) atoms. The molecular weight excluding hydrogens is 318 g/mol. The number of nitrogens with zero attached hydrogens (tertiary/aromatic N) is 3. The lowest BCUT2D eigenvalue weighted by atomic mass is 10.0. The molecule has 0 amide bonds. The molecule has 1 heterocycles. The van der Waals surface area contributed by atoms with Gasteiger partial charge in [0.25, 0.3) is 0 Å². The van der Waals surface area contributed by atoms with E-state index >= 15 is 0 Å². The van der Waals surface area contributed by atoms with Gasteiger partial charge in [-0.1, -0.05) is 48.0 Å². The van der Waals surface area contributed by atoms with E-state index in [9.17, 15) is 0 Å². The Labute approximate surface area is 147 Å². The first kappa shape index (κ1) is 15.7. The van der Waals surface area contributed by atoms with E-state index in [0.29, 0.717) is 17.2 Å². The van der Waals surface area contributed by atoms with Gasteiger partial charge >= 0.3 is 0 Å². The number of rotatable bonds is 5. The van der Waals surface area contributed by atoms with Crippen molar-refractivity contribution in [1.82, 2.24) is 14.5 Å². The number of hydrogen-bond donors (Lipinski definition) is 0. The van der Waals surface area contributed by atoms with E-state index in [2.05, 4.69) is 59.3 Å². The van der Waals surface area contributed by atoms with Crippen LogP contribution in [0.4, 0.5) is 0 Å². The molecule has 1 atom stereocenters. The quantitative estimate of drug-likeness (QED) is 0.655. The molecule has 1 aliphatic carbocycles. The molecule has 3 aromatic rings. The van der Waals surface area contributed by atoms with Crippen molar-refractivity contribution in [2.24, 2.45) is 7.05 Å². The predicted molar refractivity (Wildman–Crippen MR) is 99.1 cm³/mol. The molecule has 4 rings (SSSR count). The molecule has 1 fully saturated rings. The van der Waals surface area contributed by atoms with E-state index < -0.39 is 0 Å². The van der Waals surface area contributed by atoms with E-state index in [0.717, 1.165) is 12.4 Å². The SMILES string of the molecule is C[C@H](c1ccc2ccccc2c1)N(Cc1ncc(Cl)n1C)C1CC1. The molecule has 1 saturated carbocycles. The first-order chi connectivity index (χ1) is 11.6. The summed E-state index contributed by atoms with van der Waals surface area (Å²) in [5.41, 5.74) is 1.36. The Balaban J connectivity index is 1.63. The van der Waals surface area contributed by atoms with Gasteiger partial charge in [0.1, 0.15) is 11.0 Å². The Morgan fingerprint density at radius 2 is 1.96 bits per heavy atom. The Hall–Kier alpha value is -1.84. The lowest BCUT2D eigenvalue weighted by Crippen LogP contribution is -2.30. The van der Waals surface area contributed by atoms with Crippen LogP contribution in [-0.2, 0) is 13.6 Å². The lowest BCUT2D eigenvalue weighted by Gasteiger charge is -2.29. The minimum Gasteiger partial charge on any atom is -0.321 e. The van der Waals surface area contributed by atoms with Gasteiger partial charge in [0.2, 0.25) is 0 Å². The molecular formula is C20H22ClN3. The van der Waals surface area contributed by atoms with Crippen LogP contribution in [0, 0.1) is 0 Å². The normalized spacial score (nSPS) is 16.0. The van der Waals surface area contributed by atoms with Crippen molar-refractivity contribution >= 4 is 22.4 Å². The summed E-state index contributed by atoms with van der Waals surface area (Å²) in [5.74, 6) is 1.03. The van der Waals surface area contributed by atoms with Crippen LogP contribution in [0.3, 0.4) is 0 Å². The topological polar surface area (TPSA) is 21.1 Å². The summed E-state index contributed by atoms with van der Waals surface area (Å²) < 4.78 is 1.98. The van der Waals surface area contributed by atoms with E-state index in [1.807, 2.05) is 11.6 Å². The van der Waals surface area contributed by atoms with E-state index in [1.165, 1.54) is 29.2 Å². The largest absolute Gasteiger partial charge is 0.321 e. The van der Waals surface area contributed by atoms with Crippen molar-refractivity contribution in [3.63, 3.8) is 0 Å². The fraction of sp³-hybridized carbons (Fsp3) is 0.350. The zero-order chi connectivity index (χ0) is 16.7. The average Bonchev–Trinajstić information content (AvgIpc) is 3.40. The molecule has 0 radical (unpaired) electrons. The first-order valence-electron chi connectivity index (χ1n) is 8.54. The highest BCUT2D eigenvalue weighted by molar-refractivity contribution is 6.29. The molecule has 0 N–H and O–H groups in total. The first-order valence-corrected chi connectivity index (χ1v) is 8.92. The van der Waals surface area contributed by atoms with E-state index in [4.69, 9.17) is 11.6 Å². The number of halogens is 1. The minimum atomic E-state index is 0.359. The Kier molecular flexibility index (Phi) is 4.07. The molecule has 0 spiro atoms. The third kappa shape index (κ3) is 2.94. The summed E-state index contributed by atoms with van der Waals surface area (Å²) in [5, 5.41) is 3.29. The van der Waals surface area contributed by atoms with Crippen LogP contribution in [0.1, 0.15) is 37.2 Å². The molecule has 1 aromatic heterocycles. The second-order valence-corrected chi connectivity index (χ2v) is 7.13. The number of aromatic nitrogens is 2. The maximum absolute atomic E-state index is 6.15. The zero-order valence-corrected chi connectivity index (χ0v) is 14.9. The number of hydrogen-bond acceptors (Lipinski definition) is 2. The monoisotopic (exact) mass is 339 g/mol. The molecule has 0 aliphatic heterocycles.